The summed E-state index contributed by atoms with van der Waals surface area (Å²) in [6, 6.07) is 9.18. The molecule has 0 aliphatic heterocycles. The molecule has 0 bridgehead atoms. The van der Waals surface area contributed by atoms with Gasteiger partial charge in [-0.05, 0) is 53.6 Å². The van der Waals surface area contributed by atoms with Crippen molar-refractivity contribution in [1.29, 1.82) is 0 Å². The Morgan fingerprint density at radius 3 is 2.44 bits per heavy atom. The molecule has 1 aromatic heterocycles. The molecule has 1 N–H and O–H groups in total. The van der Waals surface area contributed by atoms with Crippen LogP contribution in [0.5, 0.6) is 0 Å². The van der Waals surface area contributed by atoms with Gasteiger partial charge in [-0.25, -0.2) is 0 Å². The van der Waals surface area contributed by atoms with E-state index in [1.165, 1.54) is 27.1 Å². The molecule has 0 amide bonds. The van der Waals surface area contributed by atoms with Gasteiger partial charge in [-0.15, -0.1) is 11.3 Å². The molecular formula is C16H21NS. The van der Waals surface area contributed by atoms with E-state index in [0.29, 0.717) is 0 Å². The van der Waals surface area contributed by atoms with Crippen LogP contribution in [0.2, 0.25) is 0 Å². The van der Waals surface area contributed by atoms with Crippen LogP contribution < -0.4 is 5.32 Å². The largest absolute Gasteiger partial charge is 0.315 e. The van der Waals surface area contributed by atoms with Gasteiger partial charge in [0.2, 0.25) is 0 Å². The third-order valence-corrected chi connectivity index (χ3v) is 4.24. The highest BCUT2D eigenvalue weighted by molar-refractivity contribution is 7.10. The Morgan fingerprint density at radius 2 is 1.78 bits per heavy atom. The van der Waals surface area contributed by atoms with Crippen molar-refractivity contribution < 1.29 is 0 Å². The fraction of sp³-hybridized carbons (Fsp3) is 0.375. The van der Waals surface area contributed by atoms with E-state index in [2.05, 4.69) is 48.8 Å². The summed E-state index contributed by atoms with van der Waals surface area (Å²) in [6.45, 7) is 5.42. The monoisotopic (exact) mass is 259 g/mol. The van der Waals surface area contributed by atoms with Crippen molar-refractivity contribution in [1.82, 2.24) is 5.32 Å². The second-order valence-corrected chi connectivity index (χ2v) is 5.52. The lowest BCUT2D eigenvalue weighted by Gasteiger charge is -2.08. The number of hydrogen-bond acceptors (Lipinski definition) is 2. The molecule has 0 spiro atoms. The molecule has 1 heterocycles. The van der Waals surface area contributed by atoms with Crippen molar-refractivity contribution >= 4 is 11.3 Å². The van der Waals surface area contributed by atoms with E-state index in [4.69, 9.17) is 0 Å². The minimum Gasteiger partial charge on any atom is -0.315 e. The zero-order chi connectivity index (χ0) is 13.0. The van der Waals surface area contributed by atoms with Crippen molar-refractivity contribution in [3.8, 4) is 11.1 Å². The van der Waals surface area contributed by atoms with Gasteiger partial charge >= 0.3 is 0 Å². The fourth-order valence-electron chi connectivity index (χ4n) is 2.28. The van der Waals surface area contributed by atoms with E-state index in [9.17, 15) is 0 Å². The number of benzene rings is 1. The Kier molecular flexibility index (Phi) is 4.56. The normalized spacial score (nSPS) is 10.8. The summed E-state index contributed by atoms with van der Waals surface area (Å²) in [7, 11) is 1.99. The average molecular weight is 259 g/mol. The molecule has 18 heavy (non-hydrogen) atoms. The minimum absolute atomic E-state index is 0.957. The van der Waals surface area contributed by atoms with E-state index in [0.717, 1.165) is 19.4 Å². The van der Waals surface area contributed by atoms with E-state index in [-0.39, 0.29) is 0 Å². The quantitative estimate of drug-likeness (QED) is 0.846. The third kappa shape index (κ3) is 2.82. The van der Waals surface area contributed by atoms with Crippen molar-refractivity contribution in [3.05, 3.63) is 45.6 Å². The van der Waals surface area contributed by atoms with Gasteiger partial charge in [0, 0.05) is 11.4 Å². The lowest BCUT2D eigenvalue weighted by molar-refractivity contribution is 0.831. The van der Waals surface area contributed by atoms with Gasteiger partial charge < -0.3 is 5.32 Å². The van der Waals surface area contributed by atoms with Crippen molar-refractivity contribution in [3.63, 3.8) is 0 Å². The van der Waals surface area contributed by atoms with E-state index in [1.807, 2.05) is 18.4 Å². The summed E-state index contributed by atoms with van der Waals surface area (Å²) in [5.74, 6) is 0. The summed E-state index contributed by atoms with van der Waals surface area (Å²) < 4.78 is 0. The molecule has 0 saturated carbocycles. The molecule has 0 aliphatic carbocycles. The molecule has 2 aromatic rings. The first-order valence-corrected chi connectivity index (χ1v) is 7.50. The number of aryl methyl sites for hydroxylation is 2. The van der Waals surface area contributed by atoms with E-state index >= 15 is 0 Å². The van der Waals surface area contributed by atoms with Gasteiger partial charge in [0.25, 0.3) is 0 Å². The number of rotatable bonds is 5. The van der Waals surface area contributed by atoms with Crippen molar-refractivity contribution in [2.75, 3.05) is 7.05 Å². The molecular weight excluding hydrogens is 238 g/mol. The van der Waals surface area contributed by atoms with Crippen LogP contribution in [-0.2, 0) is 19.4 Å². The van der Waals surface area contributed by atoms with Crippen LogP contribution in [0.4, 0.5) is 0 Å². The minimum atomic E-state index is 0.957. The second-order valence-electron chi connectivity index (χ2n) is 4.52. The summed E-state index contributed by atoms with van der Waals surface area (Å²) in [5.41, 5.74) is 5.66. The maximum absolute atomic E-state index is 3.20. The first-order chi connectivity index (χ1) is 8.78. The standard InChI is InChI=1S/C16H21NS/c1-4-12-6-7-14(8-13(12)5-2)15-9-16(10-17-3)18-11-15/h6-9,11,17H,4-5,10H2,1-3H3. The SMILES string of the molecule is CCc1ccc(-c2csc(CNC)c2)cc1CC. The number of hydrogen-bond donors (Lipinski definition) is 1. The first-order valence-electron chi connectivity index (χ1n) is 6.62. The summed E-state index contributed by atoms with van der Waals surface area (Å²) in [4.78, 5) is 1.39. The van der Waals surface area contributed by atoms with Gasteiger partial charge in [0.1, 0.15) is 0 Å². The molecule has 2 heteroatoms. The zero-order valence-electron chi connectivity index (χ0n) is 11.4. The van der Waals surface area contributed by atoms with Crippen LogP contribution in [0.25, 0.3) is 11.1 Å². The topological polar surface area (TPSA) is 12.0 Å². The average Bonchev–Trinajstić information content (AvgIpc) is 2.87. The van der Waals surface area contributed by atoms with Gasteiger partial charge in [-0.2, -0.15) is 0 Å². The van der Waals surface area contributed by atoms with Crippen LogP contribution in [0.3, 0.4) is 0 Å². The summed E-state index contributed by atoms with van der Waals surface area (Å²) in [5, 5.41) is 5.46. The lowest BCUT2D eigenvalue weighted by atomic mass is 9.97. The van der Waals surface area contributed by atoms with Gasteiger partial charge in [-0.3, -0.25) is 0 Å². The molecule has 1 nitrogen and oxygen atoms in total. The maximum atomic E-state index is 3.20. The van der Waals surface area contributed by atoms with E-state index < -0.39 is 0 Å². The Morgan fingerprint density at radius 1 is 1.00 bits per heavy atom. The van der Waals surface area contributed by atoms with Crippen LogP contribution in [0.1, 0.15) is 29.9 Å². The highest BCUT2D eigenvalue weighted by Crippen LogP contribution is 2.27. The molecule has 96 valence electrons. The Bertz CT molecular complexity index is 514. The molecule has 0 unspecified atom stereocenters. The van der Waals surface area contributed by atoms with Gasteiger partial charge in [0.05, 0.1) is 0 Å². The smallest absolute Gasteiger partial charge is 0.0296 e. The molecule has 0 radical (unpaired) electrons. The van der Waals surface area contributed by atoms with Crippen LogP contribution >= 0.6 is 11.3 Å². The lowest BCUT2D eigenvalue weighted by Crippen LogP contribution is -2.02. The van der Waals surface area contributed by atoms with Gasteiger partial charge in [0.15, 0.2) is 0 Å². The van der Waals surface area contributed by atoms with Crippen molar-refractivity contribution in [2.45, 2.75) is 33.2 Å². The highest BCUT2D eigenvalue weighted by Gasteiger charge is 2.05. The molecule has 2 rings (SSSR count). The van der Waals surface area contributed by atoms with Crippen molar-refractivity contribution in [2.24, 2.45) is 0 Å². The summed E-state index contributed by atoms with van der Waals surface area (Å²) in [6.07, 6.45) is 2.24. The molecule has 0 fully saturated rings. The Hall–Kier alpha value is -1.12. The molecule has 0 aliphatic rings. The van der Waals surface area contributed by atoms with Gasteiger partial charge in [-0.1, -0.05) is 32.0 Å². The van der Waals surface area contributed by atoms with E-state index in [1.54, 1.807) is 0 Å². The Balaban J connectivity index is 2.31. The predicted octanol–water partition coefficient (Wildman–Crippen LogP) is 4.26. The zero-order valence-corrected chi connectivity index (χ0v) is 12.2. The number of nitrogens with one attached hydrogen (secondary N) is 1. The highest BCUT2D eigenvalue weighted by atomic mass is 32.1. The summed E-state index contributed by atoms with van der Waals surface area (Å²) >= 11 is 1.83. The maximum Gasteiger partial charge on any atom is 0.0296 e. The third-order valence-electron chi connectivity index (χ3n) is 3.31. The predicted molar refractivity (Wildman–Crippen MR) is 81.3 cm³/mol. The molecule has 0 atom stereocenters. The second kappa shape index (κ2) is 6.17. The van der Waals surface area contributed by atoms with Crippen LogP contribution in [0, 0.1) is 0 Å². The fourth-order valence-corrected chi connectivity index (χ4v) is 3.18. The molecule has 1 aromatic carbocycles. The Labute approximate surface area is 114 Å². The van der Waals surface area contributed by atoms with Crippen LogP contribution in [-0.4, -0.2) is 7.05 Å². The molecule has 0 saturated heterocycles. The van der Waals surface area contributed by atoms with Crippen LogP contribution in [0.15, 0.2) is 29.6 Å². The number of thiophene rings is 1. The first kappa shape index (κ1) is 13.3.